The maximum atomic E-state index is 12.1. The van der Waals surface area contributed by atoms with Gasteiger partial charge >= 0.3 is 0 Å². The van der Waals surface area contributed by atoms with E-state index in [0.717, 1.165) is 6.42 Å². The molecular formula is C17H35N5O5. The van der Waals surface area contributed by atoms with Gasteiger partial charge in [0, 0.05) is 26.2 Å². The zero-order valence-electron chi connectivity index (χ0n) is 16.4. The van der Waals surface area contributed by atoms with Crippen LogP contribution >= 0.6 is 0 Å². The number of carbonyl (C=O) groups excluding carboxylic acids is 1. The van der Waals surface area contributed by atoms with Crippen molar-refractivity contribution in [3.05, 3.63) is 0 Å². The number of methoxy groups -OCH3 is 1. The molecule has 27 heavy (non-hydrogen) atoms. The minimum atomic E-state index is -1.08. The molecule has 2 aliphatic rings. The van der Waals surface area contributed by atoms with E-state index in [2.05, 4.69) is 0 Å². The molecule has 0 spiro atoms. The van der Waals surface area contributed by atoms with Gasteiger partial charge in [0.2, 0.25) is 5.91 Å². The molecule has 0 aromatic carbocycles. The molecule has 2 fully saturated rings. The Labute approximate surface area is 160 Å². The summed E-state index contributed by atoms with van der Waals surface area (Å²) in [7, 11) is 3.10. The second-order valence-electron chi connectivity index (χ2n) is 7.61. The Balaban J connectivity index is 2.16. The molecule has 1 heterocycles. The van der Waals surface area contributed by atoms with Gasteiger partial charge in [-0.25, -0.2) is 0 Å². The van der Waals surface area contributed by atoms with E-state index in [0.29, 0.717) is 12.8 Å². The number of ether oxygens (including phenoxy) is 3. The largest absolute Gasteiger partial charge is 0.388 e. The molecule has 1 aliphatic carbocycles. The van der Waals surface area contributed by atoms with E-state index < -0.39 is 36.7 Å². The van der Waals surface area contributed by atoms with Crippen molar-refractivity contribution in [1.82, 2.24) is 4.90 Å². The van der Waals surface area contributed by atoms with E-state index in [1.165, 1.54) is 12.0 Å². The fourth-order valence-electron chi connectivity index (χ4n) is 3.92. The van der Waals surface area contributed by atoms with E-state index in [9.17, 15) is 9.90 Å². The molecule has 0 bridgehead atoms. The van der Waals surface area contributed by atoms with Gasteiger partial charge in [0.05, 0.1) is 30.8 Å². The number of nitrogens with two attached hydrogens (primary N) is 4. The van der Waals surface area contributed by atoms with Crippen LogP contribution in [0.25, 0.3) is 0 Å². The van der Waals surface area contributed by atoms with Crippen molar-refractivity contribution in [3.63, 3.8) is 0 Å². The molecule has 9 N–H and O–H groups in total. The molecule has 0 aromatic heterocycles. The average Bonchev–Trinajstić information content (AvgIpc) is 2.64. The summed E-state index contributed by atoms with van der Waals surface area (Å²) in [5.41, 5.74) is 23.8. The molecule has 0 aromatic rings. The fourth-order valence-corrected chi connectivity index (χ4v) is 3.92. The molecule has 1 saturated heterocycles. The van der Waals surface area contributed by atoms with Crippen LogP contribution in [0.1, 0.15) is 26.2 Å². The highest BCUT2D eigenvalue weighted by atomic mass is 16.7. The van der Waals surface area contributed by atoms with Crippen molar-refractivity contribution in [2.24, 2.45) is 22.9 Å². The predicted octanol–water partition coefficient (Wildman–Crippen LogP) is -2.56. The van der Waals surface area contributed by atoms with Crippen LogP contribution in [0.4, 0.5) is 0 Å². The third-order valence-corrected chi connectivity index (χ3v) is 5.63. The van der Waals surface area contributed by atoms with Crippen molar-refractivity contribution >= 4 is 5.91 Å². The van der Waals surface area contributed by atoms with Gasteiger partial charge in [-0.05, 0) is 26.2 Å². The lowest BCUT2D eigenvalue weighted by molar-refractivity contribution is -0.257. The maximum absolute atomic E-state index is 12.1. The second kappa shape index (κ2) is 9.57. The highest BCUT2D eigenvalue weighted by Gasteiger charge is 2.48. The minimum absolute atomic E-state index is 0.160. The summed E-state index contributed by atoms with van der Waals surface area (Å²) < 4.78 is 17.4. The highest BCUT2D eigenvalue weighted by Crippen LogP contribution is 2.30. The van der Waals surface area contributed by atoms with Crippen LogP contribution in [0, 0.1) is 0 Å². The van der Waals surface area contributed by atoms with Gasteiger partial charge in [-0.2, -0.15) is 0 Å². The fraction of sp³-hybridized carbons (Fsp3) is 0.941. The number of aliphatic hydroxyl groups is 1. The van der Waals surface area contributed by atoms with Gasteiger partial charge in [0.25, 0.3) is 0 Å². The van der Waals surface area contributed by atoms with Gasteiger partial charge in [-0.1, -0.05) is 0 Å². The summed E-state index contributed by atoms with van der Waals surface area (Å²) in [5.74, 6) is -0.307. The highest BCUT2D eigenvalue weighted by molar-refractivity contribution is 5.78. The molecule has 2 rings (SSSR count). The Hall–Kier alpha value is -0.850. The first-order chi connectivity index (χ1) is 12.7. The quantitative estimate of drug-likeness (QED) is 0.327. The number of amides is 1. The van der Waals surface area contributed by atoms with Crippen LogP contribution < -0.4 is 22.9 Å². The smallest absolute Gasteiger partial charge is 0.236 e. The number of carbonyl (C=O) groups is 1. The molecule has 10 nitrogen and oxygen atoms in total. The Bertz CT molecular complexity index is 496. The molecule has 1 saturated carbocycles. The third-order valence-electron chi connectivity index (χ3n) is 5.63. The standard InChI is InChI=1S/C17H35N5O5/c1-8(19)11-5-4-9(20)17(26-11)27-16-10(21)6-12(25-3)14(15(16)24)22(2)13(23)7-18/h8-12,14-17,24H,4-7,18-21H2,1-3H3/t8-,9?,10?,11?,12?,14?,15?,16?,17?/m0/s1. The summed E-state index contributed by atoms with van der Waals surface area (Å²) in [6, 6.07) is -1.65. The molecule has 9 atom stereocenters. The number of nitrogens with zero attached hydrogens (tertiary/aromatic N) is 1. The van der Waals surface area contributed by atoms with Gasteiger partial charge in [-0.3, -0.25) is 4.79 Å². The first kappa shape index (κ1) is 22.4. The van der Waals surface area contributed by atoms with Gasteiger partial charge in [0.15, 0.2) is 6.29 Å². The Morgan fingerprint density at radius 3 is 2.56 bits per heavy atom. The summed E-state index contributed by atoms with van der Waals surface area (Å²) >= 11 is 0. The zero-order chi connectivity index (χ0) is 20.3. The van der Waals surface area contributed by atoms with Crippen molar-refractivity contribution in [3.8, 4) is 0 Å². The zero-order valence-corrected chi connectivity index (χ0v) is 16.4. The van der Waals surface area contributed by atoms with Crippen LogP contribution in [-0.2, 0) is 19.0 Å². The maximum Gasteiger partial charge on any atom is 0.236 e. The summed E-state index contributed by atoms with van der Waals surface area (Å²) in [5, 5.41) is 11.0. The van der Waals surface area contributed by atoms with Gasteiger partial charge < -0.3 is 47.2 Å². The van der Waals surface area contributed by atoms with Crippen LogP contribution in [0.3, 0.4) is 0 Å². The predicted molar refractivity (Wildman–Crippen MR) is 99.4 cm³/mol. The SMILES string of the molecule is COC1CC(N)C(OC2OC([C@H](C)N)CCC2N)C(O)C1N(C)C(=O)CN. The molecular weight excluding hydrogens is 354 g/mol. The van der Waals surface area contributed by atoms with Crippen molar-refractivity contribution in [2.45, 2.75) is 81.1 Å². The molecule has 0 radical (unpaired) electrons. The number of hydrogen-bond donors (Lipinski definition) is 5. The molecule has 8 unspecified atom stereocenters. The number of rotatable bonds is 6. The average molecular weight is 389 g/mol. The molecule has 1 amide bonds. The lowest BCUT2D eigenvalue weighted by Crippen LogP contribution is -2.67. The van der Waals surface area contributed by atoms with Crippen LogP contribution in [0.5, 0.6) is 0 Å². The Morgan fingerprint density at radius 2 is 2.00 bits per heavy atom. The summed E-state index contributed by atoms with van der Waals surface area (Å²) in [6.45, 7) is 1.70. The van der Waals surface area contributed by atoms with E-state index in [1.807, 2.05) is 6.92 Å². The minimum Gasteiger partial charge on any atom is -0.388 e. The van der Waals surface area contributed by atoms with E-state index in [-0.39, 0.29) is 30.6 Å². The Morgan fingerprint density at radius 1 is 1.33 bits per heavy atom. The lowest BCUT2D eigenvalue weighted by atomic mass is 9.83. The number of hydrogen-bond acceptors (Lipinski definition) is 9. The topological polar surface area (TPSA) is 172 Å². The Kier molecular flexibility index (Phi) is 7.95. The van der Waals surface area contributed by atoms with Crippen LogP contribution in [0.2, 0.25) is 0 Å². The molecule has 10 heteroatoms. The molecule has 1 aliphatic heterocycles. The third kappa shape index (κ3) is 4.96. The summed E-state index contributed by atoms with van der Waals surface area (Å²) in [4.78, 5) is 13.5. The van der Waals surface area contributed by atoms with Crippen molar-refractivity contribution < 1.29 is 24.1 Å². The van der Waals surface area contributed by atoms with Crippen LogP contribution in [-0.4, -0.2) is 91.5 Å². The van der Waals surface area contributed by atoms with E-state index >= 15 is 0 Å². The van der Waals surface area contributed by atoms with Gasteiger partial charge in [0.1, 0.15) is 12.2 Å². The number of likely N-dealkylation sites (N-methyl/N-ethyl adjacent to an activating group) is 1. The van der Waals surface area contributed by atoms with E-state index in [4.69, 9.17) is 37.1 Å². The van der Waals surface area contributed by atoms with Crippen LogP contribution in [0.15, 0.2) is 0 Å². The van der Waals surface area contributed by atoms with E-state index in [1.54, 1.807) is 7.05 Å². The molecule has 158 valence electrons. The lowest BCUT2D eigenvalue weighted by Gasteiger charge is -2.48. The normalized spacial score (nSPS) is 41.2. The van der Waals surface area contributed by atoms with Gasteiger partial charge in [-0.15, -0.1) is 0 Å². The number of aliphatic hydroxyl groups excluding tert-OH is 1. The monoisotopic (exact) mass is 389 g/mol. The summed E-state index contributed by atoms with van der Waals surface area (Å²) in [6.07, 6.45) is -1.32. The van der Waals surface area contributed by atoms with Crippen molar-refractivity contribution in [1.29, 1.82) is 0 Å². The second-order valence-corrected chi connectivity index (χ2v) is 7.61. The first-order valence-corrected chi connectivity index (χ1v) is 9.45. The van der Waals surface area contributed by atoms with Crippen molar-refractivity contribution in [2.75, 3.05) is 20.7 Å². The first-order valence-electron chi connectivity index (χ1n) is 9.45.